The van der Waals surface area contributed by atoms with Crippen molar-refractivity contribution in [2.24, 2.45) is 0 Å². The van der Waals surface area contributed by atoms with Crippen molar-refractivity contribution in [1.82, 2.24) is 0 Å². The third-order valence-electron chi connectivity index (χ3n) is 7.69. The number of hydrogen-bond acceptors (Lipinski definition) is 0. The Morgan fingerprint density at radius 3 is 0.634 bits per heavy atom. The summed E-state index contributed by atoms with van der Waals surface area (Å²) in [5.74, 6) is 0. The van der Waals surface area contributed by atoms with Crippen LogP contribution in [0.2, 0.25) is 0 Å². The van der Waals surface area contributed by atoms with Crippen LogP contribution < -0.4 is 13.2 Å². The van der Waals surface area contributed by atoms with E-state index >= 15 is 0 Å². The Hall–Kier alpha value is 0.116. The fourth-order valence-electron chi connectivity index (χ4n) is 4.56. The van der Waals surface area contributed by atoms with Crippen LogP contribution in [0.15, 0.2) is 91.0 Å². The van der Waals surface area contributed by atoms with Crippen LogP contribution in [0.1, 0.15) is 62.3 Å². The maximum absolute atomic E-state index is 2.31. The van der Waals surface area contributed by atoms with Crippen LogP contribution in [0.3, 0.4) is 0 Å². The Bertz CT molecular complexity index is 761. The number of benzene rings is 3. The minimum atomic E-state index is -1.63. The minimum absolute atomic E-state index is 0. The summed E-state index contributed by atoms with van der Waals surface area (Å²) in [5, 5.41) is 0. The molecule has 0 heterocycles. The summed E-state index contributed by atoms with van der Waals surface area (Å²) in [6, 6.07) is 32.8. The molecule has 3 rings (SSSR count). The molecule has 0 bridgehead atoms. The van der Waals surface area contributed by atoms with E-state index in [0.29, 0.717) is 0 Å². The van der Waals surface area contributed by atoms with Gasteiger partial charge in [-0.1, -0.05) is 0 Å². The van der Waals surface area contributed by atoms with E-state index in [9.17, 15) is 0 Å². The fourth-order valence-corrected chi connectivity index (χ4v) is 14.5. The van der Waals surface area contributed by atoms with Crippen LogP contribution in [0, 0.1) is 0 Å². The van der Waals surface area contributed by atoms with E-state index in [1.54, 1.807) is 0 Å². The standard InChI is InChI=1S/C18H15Ge.3C6H15P.Rh/c1-4-10-16(11-5-1)19(17-12-6-2-7-13-17)18-14-8-3-9-15-18;3*1-4-7(5-2)6-3;/h1-15H;3*4-6H2,1-3H3;/p+3. The normalized spacial score (nSPS) is 10.2. The van der Waals surface area contributed by atoms with Gasteiger partial charge < -0.3 is 0 Å². The van der Waals surface area contributed by atoms with E-state index in [1.807, 2.05) is 0 Å². The molecule has 0 saturated heterocycles. The zero-order valence-electron chi connectivity index (χ0n) is 27.9. The summed E-state index contributed by atoms with van der Waals surface area (Å²) in [4.78, 5) is 0. The van der Waals surface area contributed by atoms with E-state index in [2.05, 4.69) is 153 Å². The van der Waals surface area contributed by atoms with Crippen molar-refractivity contribution in [3.8, 4) is 0 Å². The molecule has 0 fully saturated rings. The van der Waals surface area contributed by atoms with Crippen molar-refractivity contribution >= 4 is 51.3 Å². The quantitative estimate of drug-likeness (QED) is 0.128. The van der Waals surface area contributed by atoms with Gasteiger partial charge in [0, 0.05) is 19.5 Å². The molecule has 0 nitrogen and oxygen atoms in total. The van der Waals surface area contributed by atoms with Crippen LogP contribution >= 0.6 is 23.8 Å². The van der Waals surface area contributed by atoms with Crippen molar-refractivity contribution in [1.29, 1.82) is 0 Å². The van der Waals surface area contributed by atoms with Crippen LogP contribution in [0.25, 0.3) is 0 Å². The van der Waals surface area contributed by atoms with Crippen molar-refractivity contribution in [2.75, 3.05) is 55.5 Å². The third kappa shape index (κ3) is 19.9. The van der Waals surface area contributed by atoms with Crippen molar-refractivity contribution < 1.29 is 19.5 Å². The van der Waals surface area contributed by atoms with Gasteiger partial charge >= 0.3 is 119 Å². The Morgan fingerprint density at radius 2 is 0.512 bits per heavy atom. The molecule has 0 aromatic heterocycles. The first-order chi connectivity index (χ1) is 19.5. The van der Waals surface area contributed by atoms with Crippen LogP contribution in [-0.4, -0.2) is 69.8 Å². The molecule has 0 aliphatic heterocycles. The second-order valence-electron chi connectivity index (χ2n) is 9.91. The Balaban J connectivity index is 0. The van der Waals surface area contributed by atoms with Crippen molar-refractivity contribution in [3.63, 3.8) is 0 Å². The van der Waals surface area contributed by atoms with Gasteiger partial charge in [-0.2, -0.15) is 0 Å². The molecule has 0 N–H and O–H groups in total. The van der Waals surface area contributed by atoms with Crippen LogP contribution in [0.5, 0.6) is 0 Å². The number of rotatable bonds is 12. The van der Waals surface area contributed by atoms with Crippen LogP contribution in [0.4, 0.5) is 0 Å². The van der Waals surface area contributed by atoms with Gasteiger partial charge in [-0.05, 0) is 86.1 Å². The van der Waals surface area contributed by atoms with E-state index in [0.717, 1.165) is 0 Å². The molecule has 3 aromatic rings. The summed E-state index contributed by atoms with van der Waals surface area (Å²) < 4.78 is 4.50. The van der Waals surface area contributed by atoms with Gasteiger partial charge in [0.05, 0.1) is 55.5 Å². The summed E-state index contributed by atoms with van der Waals surface area (Å²) in [6.07, 6.45) is 13.1. The summed E-state index contributed by atoms with van der Waals surface area (Å²) in [6.45, 7) is 20.8. The molecule has 41 heavy (non-hydrogen) atoms. The molecular weight excluding hydrogens is 701 g/mol. The van der Waals surface area contributed by atoms with E-state index in [4.69, 9.17) is 0 Å². The average molecular weight is 764 g/mol. The van der Waals surface area contributed by atoms with Crippen molar-refractivity contribution in [3.05, 3.63) is 91.0 Å². The van der Waals surface area contributed by atoms with Crippen molar-refractivity contribution in [2.45, 2.75) is 62.3 Å². The predicted molar refractivity (Wildman–Crippen MR) is 204 cm³/mol. The van der Waals surface area contributed by atoms with E-state index in [1.165, 1.54) is 68.6 Å². The zero-order chi connectivity index (χ0) is 30.0. The second-order valence-corrected chi connectivity index (χ2v) is 26.0. The molecule has 0 amide bonds. The monoisotopic (exact) mass is 765 g/mol. The topological polar surface area (TPSA) is 0 Å². The first-order valence-corrected chi connectivity index (χ1v) is 25.5. The molecule has 232 valence electrons. The van der Waals surface area contributed by atoms with E-state index in [-0.39, 0.29) is 43.2 Å². The van der Waals surface area contributed by atoms with Gasteiger partial charge in [-0.3, -0.25) is 0 Å². The molecule has 0 saturated carbocycles. The maximum atomic E-state index is 2.31. The first-order valence-electron chi connectivity index (χ1n) is 16.0. The Kier molecular flexibility index (Phi) is 31.8. The van der Waals surface area contributed by atoms with Gasteiger partial charge in [0.25, 0.3) is 0 Å². The van der Waals surface area contributed by atoms with Gasteiger partial charge in [0.15, 0.2) is 0 Å². The molecule has 0 spiro atoms. The summed E-state index contributed by atoms with van der Waals surface area (Å²) >= 11 is -1.63. The molecule has 0 aliphatic rings. The molecule has 0 unspecified atom stereocenters. The zero-order valence-corrected chi connectivity index (χ0v) is 34.6. The van der Waals surface area contributed by atoms with Gasteiger partial charge in [0.2, 0.25) is 0 Å². The Labute approximate surface area is 277 Å². The third-order valence-corrected chi connectivity index (χ3v) is 22.4. The van der Waals surface area contributed by atoms with Crippen LogP contribution in [-0.2, 0) is 19.5 Å². The molecule has 5 heteroatoms. The predicted octanol–water partition coefficient (Wildman–Crippen LogP) is 8.98. The van der Waals surface area contributed by atoms with Gasteiger partial charge in [-0.25, -0.2) is 0 Å². The Morgan fingerprint density at radius 1 is 0.341 bits per heavy atom. The molecule has 3 aromatic carbocycles. The van der Waals surface area contributed by atoms with Gasteiger partial charge in [-0.15, -0.1) is 0 Å². The molecule has 2 radical (unpaired) electrons. The number of hydrogen-bond donors (Lipinski definition) is 0. The molecule has 0 aliphatic carbocycles. The second kappa shape index (κ2) is 30.2. The first kappa shape index (κ1) is 43.2. The fraction of sp³-hybridized carbons (Fsp3) is 0.500. The summed E-state index contributed by atoms with van der Waals surface area (Å²) in [5.41, 5.74) is 0. The summed E-state index contributed by atoms with van der Waals surface area (Å²) in [7, 11) is 0.412. The molecule has 0 atom stereocenters. The SMILES string of the molecule is CC[PH+](CC)CC.CC[PH+](CC)CC.CC[PH+](CC)CC.[Rh].c1cc[c]([Ge]([c]2ccccc2)[c]2ccccc2)cc1. The average Bonchev–Trinajstić information content (AvgIpc) is 3.03. The van der Waals surface area contributed by atoms with Gasteiger partial charge in [0.1, 0.15) is 0 Å². The van der Waals surface area contributed by atoms with E-state index < -0.39 is 14.3 Å². The molecular formula is C36H63GeP3Rh+3.